The molecule has 2 rings (SSSR count). The van der Waals surface area contributed by atoms with Gasteiger partial charge in [0.25, 0.3) is 0 Å². The second-order valence-electron chi connectivity index (χ2n) is 5.45. The van der Waals surface area contributed by atoms with E-state index >= 15 is 0 Å². The van der Waals surface area contributed by atoms with Crippen molar-refractivity contribution >= 4 is 22.7 Å². The lowest BCUT2D eigenvalue weighted by molar-refractivity contribution is 0.178. The molecular formula is C14H19NO2S2. The summed E-state index contributed by atoms with van der Waals surface area (Å²) in [7, 11) is 1.62. The van der Waals surface area contributed by atoms with Crippen LogP contribution in [0.15, 0.2) is 16.8 Å². The third kappa shape index (κ3) is 3.35. The van der Waals surface area contributed by atoms with Gasteiger partial charge in [0.05, 0.1) is 28.8 Å². The van der Waals surface area contributed by atoms with Crippen molar-refractivity contribution in [3.8, 4) is 5.75 Å². The summed E-state index contributed by atoms with van der Waals surface area (Å²) in [4.78, 5) is 5.48. The van der Waals surface area contributed by atoms with E-state index < -0.39 is 6.10 Å². The van der Waals surface area contributed by atoms with Gasteiger partial charge in [0.2, 0.25) is 0 Å². The molecule has 1 atom stereocenters. The minimum atomic E-state index is -0.547. The smallest absolute Gasteiger partial charge is 0.135 e. The molecule has 2 aromatic rings. The van der Waals surface area contributed by atoms with E-state index in [0.29, 0.717) is 6.42 Å². The summed E-state index contributed by atoms with van der Waals surface area (Å²) in [6.45, 7) is 6.43. The van der Waals surface area contributed by atoms with E-state index in [9.17, 15) is 5.11 Å². The summed E-state index contributed by atoms with van der Waals surface area (Å²) in [6.07, 6.45) is -0.00799. The number of aliphatic hydroxyl groups is 1. The third-order valence-corrected chi connectivity index (χ3v) is 4.74. The lowest BCUT2D eigenvalue weighted by Crippen LogP contribution is -2.11. The number of thiophene rings is 1. The Kier molecular flexibility index (Phi) is 4.28. The predicted octanol–water partition coefficient (Wildman–Crippen LogP) is 3.79. The molecule has 0 spiro atoms. The topological polar surface area (TPSA) is 42.4 Å². The molecule has 0 radical (unpaired) electrons. The Hall–Kier alpha value is -0.910. The monoisotopic (exact) mass is 297 g/mol. The van der Waals surface area contributed by atoms with Crippen LogP contribution >= 0.6 is 22.7 Å². The number of hydrogen-bond donors (Lipinski definition) is 1. The largest absolute Gasteiger partial charge is 0.495 e. The molecule has 104 valence electrons. The molecule has 0 aliphatic carbocycles. The van der Waals surface area contributed by atoms with Gasteiger partial charge in [-0.2, -0.15) is 0 Å². The fraction of sp³-hybridized carbons (Fsp3) is 0.500. The maximum Gasteiger partial charge on any atom is 0.135 e. The van der Waals surface area contributed by atoms with Crippen LogP contribution in [0.3, 0.4) is 0 Å². The molecule has 5 heteroatoms. The quantitative estimate of drug-likeness (QED) is 0.933. The molecule has 1 unspecified atom stereocenters. The Morgan fingerprint density at radius 1 is 1.37 bits per heavy atom. The molecule has 0 aliphatic heterocycles. The van der Waals surface area contributed by atoms with Gasteiger partial charge in [0.1, 0.15) is 5.75 Å². The van der Waals surface area contributed by atoms with Crippen LogP contribution in [0.5, 0.6) is 5.75 Å². The number of aromatic nitrogens is 1. The summed E-state index contributed by atoms with van der Waals surface area (Å²) in [5.74, 6) is 0.755. The third-order valence-electron chi connectivity index (χ3n) is 2.87. The van der Waals surface area contributed by atoms with E-state index in [2.05, 4.69) is 31.1 Å². The van der Waals surface area contributed by atoms with E-state index in [0.717, 1.165) is 21.3 Å². The molecular weight excluding hydrogens is 278 g/mol. The number of methoxy groups -OCH3 is 1. The van der Waals surface area contributed by atoms with Gasteiger partial charge >= 0.3 is 0 Å². The summed E-state index contributed by atoms with van der Waals surface area (Å²) < 4.78 is 5.24. The molecule has 0 saturated carbocycles. The van der Waals surface area contributed by atoms with Crippen LogP contribution in [0.1, 0.15) is 42.5 Å². The molecule has 1 N–H and O–H groups in total. The van der Waals surface area contributed by atoms with E-state index in [1.807, 2.05) is 11.4 Å². The van der Waals surface area contributed by atoms with Gasteiger partial charge in [0, 0.05) is 17.2 Å². The highest BCUT2D eigenvalue weighted by atomic mass is 32.1. The van der Waals surface area contributed by atoms with Crippen LogP contribution in [0.4, 0.5) is 0 Å². The lowest BCUT2D eigenvalue weighted by atomic mass is 9.93. The van der Waals surface area contributed by atoms with Crippen LogP contribution in [0.2, 0.25) is 0 Å². The fourth-order valence-corrected chi connectivity index (χ4v) is 3.63. The average molecular weight is 297 g/mol. The van der Waals surface area contributed by atoms with Crippen molar-refractivity contribution in [3.05, 3.63) is 32.4 Å². The number of hydrogen-bond acceptors (Lipinski definition) is 5. The molecule has 0 saturated heterocycles. The molecule has 3 nitrogen and oxygen atoms in total. The Bertz CT molecular complexity index is 540. The van der Waals surface area contributed by atoms with Gasteiger partial charge in [-0.1, -0.05) is 20.8 Å². The van der Waals surface area contributed by atoms with E-state index in [1.165, 1.54) is 11.3 Å². The van der Waals surface area contributed by atoms with Crippen molar-refractivity contribution in [2.24, 2.45) is 0 Å². The van der Waals surface area contributed by atoms with Gasteiger partial charge < -0.3 is 9.84 Å². The maximum absolute atomic E-state index is 10.3. The van der Waals surface area contributed by atoms with Gasteiger partial charge in [-0.3, -0.25) is 0 Å². The highest BCUT2D eigenvalue weighted by molar-refractivity contribution is 7.10. The average Bonchev–Trinajstić information content (AvgIpc) is 2.95. The molecule has 0 fully saturated rings. The first-order valence-electron chi connectivity index (χ1n) is 6.16. The SMILES string of the molecule is COc1ccsc1C(O)Cc1nc(C(C)(C)C)cs1. The second-order valence-corrected chi connectivity index (χ2v) is 7.34. The maximum atomic E-state index is 10.3. The highest BCUT2D eigenvalue weighted by Gasteiger charge is 2.20. The normalized spacial score (nSPS) is 13.5. The van der Waals surface area contributed by atoms with Crippen LogP contribution in [-0.4, -0.2) is 17.2 Å². The first kappa shape index (κ1) is 14.5. The molecule has 0 aliphatic rings. The van der Waals surface area contributed by atoms with E-state index in [4.69, 9.17) is 4.74 Å². The minimum absolute atomic E-state index is 0.0559. The number of thiazole rings is 1. The Labute approximate surface area is 121 Å². The highest BCUT2D eigenvalue weighted by Crippen LogP contribution is 2.33. The molecule has 2 heterocycles. The summed E-state index contributed by atoms with van der Waals surface area (Å²) in [5, 5.41) is 15.3. The lowest BCUT2D eigenvalue weighted by Gasteiger charge is -2.14. The predicted molar refractivity (Wildman–Crippen MR) is 80.3 cm³/mol. The Balaban J connectivity index is 2.11. The number of rotatable bonds is 4. The summed E-state index contributed by atoms with van der Waals surface area (Å²) in [5.41, 5.74) is 1.14. The molecule has 2 aromatic heterocycles. The standard InChI is InChI=1S/C14H19NO2S2/c1-14(2,3)11-8-19-12(15-11)7-9(16)13-10(17-4)5-6-18-13/h5-6,8-9,16H,7H2,1-4H3. The zero-order valence-electron chi connectivity index (χ0n) is 11.6. The van der Waals surface area contributed by atoms with Crippen LogP contribution in [0, 0.1) is 0 Å². The summed E-state index contributed by atoms with van der Waals surface area (Å²) >= 11 is 3.12. The zero-order valence-corrected chi connectivity index (χ0v) is 13.3. The summed E-state index contributed by atoms with van der Waals surface area (Å²) in [6, 6.07) is 1.88. The first-order valence-corrected chi connectivity index (χ1v) is 7.92. The number of nitrogens with zero attached hydrogens (tertiary/aromatic N) is 1. The van der Waals surface area contributed by atoms with E-state index in [1.54, 1.807) is 18.4 Å². The van der Waals surface area contributed by atoms with Crippen molar-refractivity contribution in [2.75, 3.05) is 7.11 Å². The van der Waals surface area contributed by atoms with Crippen LogP contribution in [0.25, 0.3) is 0 Å². The van der Waals surface area contributed by atoms with Crippen molar-refractivity contribution < 1.29 is 9.84 Å². The van der Waals surface area contributed by atoms with Crippen molar-refractivity contribution in [1.82, 2.24) is 4.98 Å². The molecule has 0 bridgehead atoms. The van der Waals surface area contributed by atoms with Gasteiger partial charge in [-0.05, 0) is 11.4 Å². The fourth-order valence-electron chi connectivity index (χ4n) is 1.73. The Morgan fingerprint density at radius 2 is 2.11 bits per heavy atom. The molecule has 19 heavy (non-hydrogen) atoms. The molecule has 0 aromatic carbocycles. The van der Waals surface area contributed by atoms with Gasteiger partial charge in [-0.25, -0.2) is 4.98 Å². The van der Waals surface area contributed by atoms with Gasteiger partial charge in [-0.15, -0.1) is 22.7 Å². The van der Waals surface area contributed by atoms with Crippen molar-refractivity contribution in [2.45, 2.75) is 38.7 Å². The van der Waals surface area contributed by atoms with E-state index in [-0.39, 0.29) is 5.41 Å². The number of ether oxygens (including phenoxy) is 1. The first-order chi connectivity index (χ1) is 8.91. The van der Waals surface area contributed by atoms with Crippen molar-refractivity contribution in [3.63, 3.8) is 0 Å². The van der Waals surface area contributed by atoms with Crippen molar-refractivity contribution in [1.29, 1.82) is 0 Å². The van der Waals surface area contributed by atoms with Crippen LogP contribution < -0.4 is 4.74 Å². The van der Waals surface area contributed by atoms with Gasteiger partial charge in [0.15, 0.2) is 0 Å². The second kappa shape index (κ2) is 5.61. The van der Waals surface area contributed by atoms with Crippen LogP contribution in [-0.2, 0) is 11.8 Å². The zero-order chi connectivity index (χ0) is 14.0. The number of aliphatic hydroxyl groups excluding tert-OH is 1. The molecule has 0 amide bonds. The minimum Gasteiger partial charge on any atom is -0.495 e. The Morgan fingerprint density at radius 3 is 2.68 bits per heavy atom.